The van der Waals surface area contributed by atoms with E-state index in [2.05, 4.69) is 11.4 Å². The van der Waals surface area contributed by atoms with E-state index in [0.29, 0.717) is 24.4 Å². The number of hydrogen-bond donors (Lipinski definition) is 1. The summed E-state index contributed by atoms with van der Waals surface area (Å²) >= 11 is 0. The molecular formula is C9H14N2O. The van der Waals surface area contributed by atoms with Crippen LogP contribution in [0.5, 0.6) is 0 Å². The second kappa shape index (κ2) is 3.42. The molecule has 2 atom stereocenters. The van der Waals surface area contributed by atoms with E-state index in [4.69, 9.17) is 10.00 Å². The summed E-state index contributed by atoms with van der Waals surface area (Å²) in [6.45, 7) is 1.66. The Hall–Kier alpha value is -0.590. The summed E-state index contributed by atoms with van der Waals surface area (Å²) < 4.78 is 5.42. The fourth-order valence-electron chi connectivity index (χ4n) is 2.25. The molecule has 2 saturated heterocycles. The van der Waals surface area contributed by atoms with Crippen molar-refractivity contribution in [1.82, 2.24) is 5.32 Å². The first-order valence-electron chi connectivity index (χ1n) is 4.59. The average molecular weight is 166 g/mol. The number of nitrogens with zero attached hydrogens (tertiary/aromatic N) is 1. The first-order chi connectivity index (χ1) is 5.88. The highest BCUT2D eigenvalue weighted by atomic mass is 16.5. The van der Waals surface area contributed by atoms with Gasteiger partial charge in [-0.3, -0.25) is 0 Å². The molecule has 2 bridgehead atoms. The Balaban J connectivity index is 1.92. The number of fused-ring (bicyclic) bond motifs is 2. The topological polar surface area (TPSA) is 45.0 Å². The number of ether oxygens (including phenoxy) is 1. The summed E-state index contributed by atoms with van der Waals surface area (Å²) in [6, 6.07) is 3.28. The van der Waals surface area contributed by atoms with Crippen LogP contribution in [-0.4, -0.2) is 25.3 Å². The summed E-state index contributed by atoms with van der Waals surface area (Å²) in [6.07, 6.45) is 2.95. The number of piperidine rings is 1. The van der Waals surface area contributed by atoms with Gasteiger partial charge in [-0.1, -0.05) is 0 Å². The lowest BCUT2D eigenvalue weighted by Gasteiger charge is -2.39. The fraction of sp³-hybridized carbons (Fsp3) is 0.889. The van der Waals surface area contributed by atoms with Crippen LogP contribution in [0.1, 0.15) is 19.3 Å². The van der Waals surface area contributed by atoms with Crippen LogP contribution in [-0.2, 0) is 4.74 Å². The quantitative estimate of drug-likeness (QED) is 0.622. The Kier molecular flexibility index (Phi) is 2.29. The largest absolute Gasteiger partial charge is 0.378 e. The van der Waals surface area contributed by atoms with Gasteiger partial charge in [0.1, 0.15) is 0 Å². The zero-order valence-corrected chi connectivity index (χ0v) is 7.12. The van der Waals surface area contributed by atoms with E-state index < -0.39 is 0 Å². The Morgan fingerprint density at radius 1 is 1.33 bits per heavy atom. The van der Waals surface area contributed by atoms with Crippen LogP contribution in [0.3, 0.4) is 0 Å². The lowest BCUT2D eigenvalue weighted by atomic mass is 9.85. The summed E-state index contributed by atoms with van der Waals surface area (Å²) in [5, 5.41) is 12.1. The molecule has 0 aliphatic carbocycles. The maximum Gasteiger partial charge on any atom is 0.0624 e. The van der Waals surface area contributed by atoms with E-state index in [1.165, 1.54) is 0 Å². The molecule has 0 aromatic heterocycles. The van der Waals surface area contributed by atoms with Gasteiger partial charge in [0.25, 0.3) is 0 Å². The molecule has 0 amide bonds. The smallest absolute Gasteiger partial charge is 0.0624 e. The van der Waals surface area contributed by atoms with Crippen LogP contribution in [0.15, 0.2) is 0 Å². The van der Waals surface area contributed by atoms with Gasteiger partial charge in [0.2, 0.25) is 0 Å². The van der Waals surface area contributed by atoms with Crippen LogP contribution in [0.25, 0.3) is 0 Å². The summed E-state index contributed by atoms with van der Waals surface area (Å²) in [4.78, 5) is 0. The van der Waals surface area contributed by atoms with E-state index in [1.54, 1.807) is 0 Å². The van der Waals surface area contributed by atoms with E-state index in [0.717, 1.165) is 26.1 Å². The molecule has 2 aliphatic rings. The number of nitriles is 1. The van der Waals surface area contributed by atoms with Crippen molar-refractivity contribution in [2.24, 2.45) is 5.92 Å². The van der Waals surface area contributed by atoms with Crippen molar-refractivity contribution in [2.75, 3.05) is 13.2 Å². The van der Waals surface area contributed by atoms with Crippen molar-refractivity contribution < 1.29 is 4.74 Å². The molecule has 2 fully saturated rings. The molecule has 0 spiro atoms. The van der Waals surface area contributed by atoms with Crippen molar-refractivity contribution >= 4 is 0 Å². The molecule has 12 heavy (non-hydrogen) atoms. The maximum atomic E-state index is 8.58. The van der Waals surface area contributed by atoms with Crippen molar-refractivity contribution in [2.45, 2.75) is 31.3 Å². The van der Waals surface area contributed by atoms with E-state index in [-0.39, 0.29) is 0 Å². The molecule has 3 nitrogen and oxygen atoms in total. The highest BCUT2D eigenvalue weighted by Gasteiger charge is 2.31. The van der Waals surface area contributed by atoms with E-state index in [9.17, 15) is 0 Å². The van der Waals surface area contributed by atoms with Crippen molar-refractivity contribution in [3.8, 4) is 6.07 Å². The first kappa shape index (κ1) is 8.03. The molecule has 1 N–H and O–H groups in total. The highest BCUT2D eigenvalue weighted by Crippen LogP contribution is 2.25. The third-order valence-electron chi connectivity index (χ3n) is 2.73. The summed E-state index contributed by atoms with van der Waals surface area (Å²) in [5.74, 6) is 0.607. The lowest BCUT2D eigenvalue weighted by Crippen LogP contribution is -2.53. The minimum atomic E-state index is 0.510. The second-order valence-electron chi connectivity index (χ2n) is 3.80. The van der Waals surface area contributed by atoms with Crippen LogP contribution in [0.2, 0.25) is 0 Å². The molecule has 0 radical (unpaired) electrons. The lowest BCUT2D eigenvalue weighted by molar-refractivity contribution is 0.00875. The van der Waals surface area contributed by atoms with Crippen molar-refractivity contribution in [3.63, 3.8) is 0 Å². The number of hydrogen-bond acceptors (Lipinski definition) is 3. The van der Waals surface area contributed by atoms with E-state index in [1.807, 2.05) is 0 Å². The van der Waals surface area contributed by atoms with Crippen LogP contribution < -0.4 is 5.32 Å². The minimum absolute atomic E-state index is 0.510. The number of rotatable bonds is 1. The molecule has 2 rings (SSSR count). The predicted molar refractivity (Wildman–Crippen MR) is 44.5 cm³/mol. The highest BCUT2D eigenvalue weighted by molar-refractivity contribution is 4.91. The van der Waals surface area contributed by atoms with E-state index >= 15 is 0 Å². The first-order valence-corrected chi connectivity index (χ1v) is 4.59. The fourth-order valence-corrected chi connectivity index (χ4v) is 2.25. The number of nitrogens with one attached hydrogen (secondary N) is 1. The van der Waals surface area contributed by atoms with Gasteiger partial charge in [-0.25, -0.2) is 0 Å². The van der Waals surface area contributed by atoms with Crippen molar-refractivity contribution in [1.29, 1.82) is 5.26 Å². The van der Waals surface area contributed by atoms with Gasteiger partial charge in [-0.05, 0) is 18.8 Å². The molecule has 2 aliphatic heterocycles. The molecular weight excluding hydrogens is 152 g/mol. The minimum Gasteiger partial charge on any atom is -0.378 e. The molecule has 2 heterocycles. The second-order valence-corrected chi connectivity index (χ2v) is 3.80. The molecule has 2 unspecified atom stereocenters. The third kappa shape index (κ3) is 1.60. The van der Waals surface area contributed by atoms with Gasteiger partial charge >= 0.3 is 0 Å². The summed E-state index contributed by atoms with van der Waals surface area (Å²) in [7, 11) is 0. The van der Waals surface area contributed by atoms with Gasteiger partial charge in [0, 0.05) is 18.5 Å². The summed E-state index contributed by atoms with van der Waals surface area (Å²) in [5.41, 5.74) is 0. The monoisotopic (exact) mass is 166 g/mol. The van der Waals surface area contributed by atoms with Gasteiger partial charge in [0.05, 0.1) is 19.3 Å². The Morgan fingerprint density at radius 2 is 2.00 bits per heavy atom. The Morgan fingerprint density at radius 3 is 2.58 bits per heavy atom. The zero-order chi connectivity index (χ0) is 8.39. The molecule has 0 aromatic rings. The zero-order valence-electron chi connectivity index (χ0n) is 7.12. The van der Waals surface area contributed by atoms with Crippen LogP contribution >= 0.6 is 0 Å². The van der Waals surface area contributed by atoms with Crippen LogP contribution in [0.4, 0.5) is 0 Å². The van der Waals surface area contributed by atoms with Crippen molar-refractivity contribution in [3.05, 3.63) is 0 Å². The third-order valence-corrected chi connectivity index (χ3v) is 2.73. The molecule has 66 valence electrons. The molecule has 3 heteroatoms. The van der Waals surface area contributed by atoms with Gasteiger partial charge in [-0.15, -0.1) is 0 Å². The normalized spacial score (nSPS) is 40.4. The Bertz CT molecular complexity index is 187. The number of morpholine rings is 1. The maximum absolute atomic E-state index is 8.58. The standard InChI is InChI=1S/C9H14N2O/c10-2-1-7-3-8-5-12-6-9(4-7)11-8/h7-9,11H,1,3-6H2. The predicted octanol–water partition coefficient (Wildman–Crippen LogP) is 0.667. The average Bonchev–Trinajstić information content (AvgIpc) is 2.04. The molecule has 0 saturated carbocycles. The Labute approximate surface area is 72.7 Å². The SMILES string of the molecule is N#CCC1CC2COCC(C1)N2. The van der Waals surface area contributed by atoms with Gasteiger partial charge in [0.15, 0.2) is 0 Å². The van der Waals surface area contributed by atoms with Gasteiger partial charge < -0.3 is 10.1 Å². The van der Waals surface area contributed by atoms with Gasteiger partial charge in [-0.2, -0.15) is 5.26 Å². The molecule has 0 aromatic carbocycles. The van der Waals surface area contributed by atoms with Crippen LogP contribution in [0, 0.1) is 17.2 Å².